The number of aryl methyl sites for hydroxylation is 1. The van der Waals surface area contributed by atoms with Gasteiger partial charge >= 0.3 is 0 Å². The van der Waals surface area contributed by atoms with Gasteiger partial charge in [0.15, 0.2) is 5.78 Å². The van der Waals surface area contributed by atoms with Crippen molar-refractivity contribution in [3.8, 4) is 16.6 Å². The van der Waals surface area contributed by atoms with Crippen molar-refractivity contribution in [2.75, 3.05) is 10.6 Å². The van der Waals surface area contributed by atoms with Gasteiger partial charge in [0.1, 0.15) is 16.6 Å². The molecule has 2 N–H and O–H groups in total. The molecule has 162 valence electrons. The van der Waals surface area contributed by atoms with Gasteiger partial charge in [0.05, 0.1) is 10.2 Å². The van der Waals surface area contributed by atoms with E-state index in [9.17, 15) is 14.9 Å². The highest BCUT2D eigenvalue weighted by atomic mass is 32.1. The number of carbonyl (C=O) groups excluding carboxylic acids is 2. The van der Waals surface area contributed by atoms with Crippen molar-refractivity contribution in [3.05, 3.63) is 89.6 Å². The number of carbonyl (C=O) groups is 2. The van der Waals surface area contributed by atoms with Crippen LogP contribution in [0.4, 0.5) is 11.4 Å². The van der Waals surface area contributed by atoms with Crippen molar-refractivity contribution in [2.24, 2.45) is 0 Å². The summed E-state index contributed by atoms with van der Waals surface area (Å²) in [5.41, 5.74) is 4.89. The fourth-order valence-electron chi connectivity index (χ4n) is 3.16. The van der Waals surface area contributed by atoms with Crippen LogP contribution in [0.1, 0.15) is 22.8 Å². The molecule has 1 heterocycles. The third-order valence-corrected chi connectivity index (χ3v) is 6.04. The highest BCUT2D eigenvalue weighted by molar-refractivity contribution is 7.21. The van der Waals surface area contributed by atoms with E-state index in [-0.39, 0.29) is 11.4 Å². The first-order valence-corrected chi connectivity index (χ1v) is 11.0. The van der Waals surface area contributed by atoms with Gasteiger partial charge < -0.3 is 10.6 Å². The summed E-state index contributed by atoms with van der Waals surface area (Å²) in [6.07, 6.45) is 1.37. The number of Topliss-reactive ketones (excluding diaryl/α,β-unsaturated/α-hetero) is 1. The number of amides is 1. The Labute approximate surface area is 195 Å². The van der Waals surface area contributed by atoms with Crippen LogP contribution in [0.2, 0.25) is 0 Å². The Morgan fingerprint density at radius 3 is 2.36 bits per heavy atom. The molecular formula is C26H20N4O2S. The fourth-order valence-corrected chi connectivity index (χ4v) is 4.22. The van der Waals surface area contributed by atoms with Gasteiger partial charge in [0.2, 0.25) is 0 Å². The predicted molar refractivity (Wildman–Crippen MR) is 132 cm³/mol. The van der Waals surface area contributed by atoms with Crippen LogP contribution < -0.4 is 10.6 Å². The molecule has 0 unspecified atom stereocenters. The number of hydrogen-bond donors (Lipinski definition) is 2. The number of fused-ring (bicyclic) bond motifs is 1. The zero-order valence-corrected chi connectivity index (χ0v) is 18.9. The quantitative estimate of drug-likeness (QED) is 0.215. The van der Waals surface area contributed by atoms with Crippen LogP contribution in [0.5, 0.6) is 0 Å². The summed E-state index contributed by atoms with van der Waals surface area (Å²) < 4.78 is 1.15. The molecule has 4 aromatic rings. The fraction of sp³-hybridized carbons (Fsp3) is 0.0769. The summed E-state index contributed by atoms with van der Waals surface area (Å²) in [7, 11) is 0. The number of aromatic nitrogens is 1. The zero-order valence-electron chi connectivity index (χ0n) is 18.0. The lowest BCUT2D eigenvalue weighted by Gasteiger charge is -2.06. The van der Waals surface area contributed by atoms with Gasteiger partial charge in [0, 0.05) is 28.7 Å². The summed E-state index contributed by atoms with van der Waals surface area (Å²) in [6.45, 7) is 3.54. The van der Waals surface area contributed by atoms with Crippen LogP contribution in [-0.4, -0.2) is 16.7 Å². The van der Waals surface area contributed by atoms with Crippen LogP contribution >= 0.6 is 11.3 Å². The topological polar surface area (TPSA) is 94.9 Å². The van der Waals surface area contributed by atoms with Gasteiger partial charge in [-0.1, -0.05) is 6.07 Å². The maximum absolute atomic E-state index is 12.4. The van der Waals surface area contributed by atoms with Gasteiger partial charge in [0.25, 0.3) is 5.91 Å². The average Bonchev–Trinajstić information content (AvgIpc) is 3.23. The molecule has 0 aliphatic carbocycles. The molecule has 7 heteroatoms. The number of rotatable bonds is 6. The van der Waals surface area contributed by atoms with E-state index in [4.69, 9.17) is 4.98 Å². The smallest absolute Gasteiger partial charge is 0.267 e. The van der Waals surface area contributed by atoms with E-state index in [1.54, 1.807) is 35.6 Å². The second-order valence-electron chi connectivity index (χ2n) is 7.47. The summed E-state index contributed by atoms with van der Waals surface area (Å²) >= 11 is 1.64. The molecule has 0 atom stereocenters. The molecule has 0 aliphatic heterocycles. The lowest BCUT2D eigenvalue weighted by atomic mass is 10.1. The largest absolute Gasteiger partial charge is 0.360 e. The van der Waals surface area contributed by atoms with Gasteiger partial charge in [-0.05, 0) is 80.1 Å². The first-order valence-electron chi connectivity index (χ1n) is 10.2. The minimum absolute atomic E-state index is 0.0565. The highest BCUT2D eigenvalue weighted by Gasteiger charge is 2.10. The van der Waals surface area contributed by atoms with Crippen LogP contribution in [0, 0.1) is 18.3 Å². The number of nitrogens with zero attached hydrogens (tertiary/aromatic N) is 2. The monoisotopic (exact) mass is 452 g/mol. The number of nitriles is 1. The van der Waals surface area contributed by atoms with Crippen molar-refractivity contribution in [3.63, 3.8) is 0 Å². The van der Waals surface area contributed by atoms with Crippen molar-refractivity contribution >= 4 is 44.6 Å². The molecule has 0 bridgehead atoms. The zero-order chi connectivity index (χ0) is 23.4. The third kappa shape index (κ3) is 5.14. The molecule has 33 heavy (non-hydrogen) atoms. The number of anilines is 2. The van der Waals surface area contributed by atoms with E-state index >= 15 is 0 Å². The van der Waals surface area contributed by atoms with Gasteiger partial charge in [-0.3, -0.25) is 9.59 Å². The third-order valence-electron chi connectivity index (χ3n) is 4.97. The number of ketones is 1. The molecule has 0 fully saturated rings. The second-order valence-corrected chi connectivity index (χ2v) is 8.50. The van der Waals surface area contributed by atoms with Gasteiger partial charge in [-0.25, -0.2) is 4.98 Å². The van der Waals surface area contributed by atoms with Crippen molar-refractivity contribution < 1.29 is 9.59 Å². The molecule has 0 aliphatic rings. The maximum atomic E-state index is 12.4. The standard InChI is InChI=1S/C26H20N4O2S/c1-16-3-12-23-24(13-16)33-26(30-23)19-6-8-21(9-7-19)28-15-20(14-27)25(32)29-22-10-4-18(5-11-22)17(2)31/h3-13,15,28H,1-2H3,(H,29,32)/b20-15-. The Kier molecular flexibility index (Phi) is 6.29. The second kappa shape index (κ2) is 9.47. The van der Waals surface area contributed by atoms with E-state index in [1.165, 1.54) is 18.7 Å². The lowest BCUT2D eigenvalue weighted by Crippen LogP contribution is -2.14. The maximum Gasteiger partial charge on any atom is 0.267 e. The first-order chi connectivity index (χ1) is 15.9. The summed E-state index contributed by atoms with van der Waals surface area (Å²) in [5.74, 6) is -0.596. The van der Waals surface area contributed by atoms with E-state index < -0.39 is 5.91 Å². The molecule has 0 saturated carbocycles. The molecule has 0 spiro atoms. The molecular weight excluding hydrogens is 432 g/mol. The molecule has 4 rings (SSSR count). The van der Waals surface area contributed by atoms with Crippen molar-refractivity contribution in [2.45, 2.75) is 13.8 Å². The van der Waals surface area contributed by atoms with Crippen LogP contribution in [0.3, 0.4) is 0 Å². The molecule has 0 saturated heterocycles. The van der Waals surface area contributed by atoms with Crippen LogP contribution in [0.25, 0.3) is 20.8 Å². The Hall–Kier alpha value is -4.28. The van der Waals surface area contributed by atoms with E-state index in [0.29, 0.717) is 11.3 Å². The van der Waals surface area contributed by atoms with Crippen molar-refractivity contribution in [1.29, 1.82) is 5.26 Å². The number of nitrogens with one attached hydrogen (secondary N) is 2. The SMILES string of the molecule is CC(=O)c1ccc(NC(=O)/C(C#N)=C\Nc2ccc(-c3nc4ccc(C)cc4s3)cc2)cc1. The normalized spacial score (nSPS) is 11.1. The van der Waals surface area contributed by atoms with E-state index in [0.717, 1.165) is 26.5 Å². The van der Waals surface area contributed by atoms with Crippen LogP contribution in [0.15, 0.2) is 78.5 Å². The number of benzene rings is 3. The Bertz CT molecular complexity index is 1410. The minimum Gasteiger partial charge on any atom is -0.360 e. The number of thiazole rings is 1. The van der Waals surface area contributed by atoms with Crippen LogP contribution in [-0.2, 0) is 4.79 Å². The number of hydrogen-bond acceptors (Lipinski definition) is 6. The molecule has 1 amide bonds. The minimum atomic E-state index is -0.540. The van der Waals surface area contributed by atoms with E-state index in [1.807, 2.05) is 36.4 Å². The molecule has 1 aromatic heterocycles. The molecule has 6 nitrogen and oxygen atoms in total. The van der Waals surface area contributed by atoms with E-state index in [2.05, 4.69) is 29.7 Å². The molecule has 0 radical (unpaired) electrons. The Balaban J connectivity index is 1.43. The van der Waals surface area contributed by atoms with Gasteiger partial charge in [-0.15, -0.1) is 11.3 Å². The summed E-state index contributed by atoms with van der Waals surface area (Å²) in [4.78, 5) is 28.5. The highest BCUT2D eigenvalue weighted by Crippen LogP contribution is 2.31. The lowest BCUT2D eigenvalue weighted by molar-refractivity contribution is -0.112. The summed E-state index contributed by atoms with van der Waals surface area (Å²) in [6, 6.07) is 22.2. The Morgan fingerprint density at radius 1 is 1.00 bits per heavy atom. The van der Waals surface area contributed by atoms with Crippen molar-refractivity contribution in [1.82, 2.24) is 4.98 Å². The first kappa shape index (κ1) is 21.9. The van der Waals surface area contributed by atoms with Gasteiger partial charge in [-0.2, -0.15) is 5.26 Å². The molecule has 3 aromatic carbocycles. The summed E-state index contributed by atoms with van der Waals surface area (Å²) in [5, 5.41) is 16.0. The predicted octanol–water partition coefficient (Wildman–Crippen LogP) is 5.93. The Morgan fingerprint density at radius 2 is 1.70 bits per heavy atom. The average molecular weight is 453 g/mol.